The van der Waals surface area contributed by atoms with Gasteiger partial charge in [0.2, 0.25) is 0 Å². The third kappa shape index (κ3) is 3.21. The molecule has 1 amide bonds. The zero-order chi connectivity index (χ0) is 13.8. The lowest BCUT2D eigenvalue weighted by Crippen LogP contribution is -2.21. The van der Waals surface area contributed by atoms with Crippen LogP contribution in [0.2, 0.25) is 0 Å². The van der Waals surface area contributed by atoms with Crippen LogP contribution < -0.4 is 5.32 Å². The van der Waals surface area contributed by atoms with Gasteiger partial charge in [0.25, 0.3) is 5.91 Å². The highest BCUT2D eigenvalue weighted by molar-refractivity contribution is 5.95. The van der Waals surface area contributed by atoms with E-state index in [0.29, 0.717) is 17.1 Å². The van der Waals surface area contributed by atoms with E-state index in [4.69, 9.17) is 13.7 Å². The van der Waals surface area contributed by atoms with E-state index in [9.17, 15) is 9.59 Å². The highest BCUT2D eigenvalue weighted by Gasteiger charge is 2.15. The van der Waals surface area contributed by atoms with Crippen molar-refractivity contribution in [3.05, 3.63) is 35.5 Å². The van der Waals surface area contributed by atoms with Crippen molar-refractivity contribution in [3.63, 3.8) is 0 Å². The van der Waals surface area contributed by atoms with Gasteiger partial charge in [-0.2, -0.15) is 0 Å². The Balaban J connectivity index is 1.84. The quantitative estimate of drug-likeness (QED) is 0.844. The number of hydrogen-bond donors (Lipinski definition) is 1. The van der Waals surface area contributed by atoms with Crippen LogP contribution in [-0.2, 0) is 9.53 Å². The predicted octanol–water partition coefficient (Wildman–Crippen LogP) is 1.68. The number of aromatic nitrogens is 1. The normalized spacial score (nSPS) is 10.2. The summed E-state index contributed by atoms with van der Waals surface area (Å²) >= 11 is 0. The molecule has 0 aromatic carbocycles. The monoisotopic (exact) mass is 264 g/mol. The first-order chi connectivity index (χ1) is 9.06. The molecule has 2 aromatic rings. The van der Waals surface area contributed by atoms with Crippen molar-refractivity contribution < 1.29 is 23.3 Å². The summed E-state index contributed by atoms with van der Waals surface area (Å²) in [5.41, 5.74) is 0.296. The number of anilines is 1. The largest absolute Gasteiger partial charge is 0.469 e. The number of carbonyl (C=O) groups is 2. The molecule has 0 aliphatic heterocycles. The van der Waals surface area contributed by atoms with Gasteiger partial charge < -0.3 is 19.0 Å². The molecule has 0 saturated heterocycles. The number of hydrogen-bond acceptors (Lipinski definition) is 6. The molecule has 0 aliphatic rings. The highest BCUT2D eigenvalue weighted by Crippen LogP contribution is 2.10. The van der Waals surface area contributed by atoms with Crippen LogP contribution >= 0.6 is 0 Å². The van der Waals surface area contributed by atoms with Gasteiger partial charge in [-0.1, -0.05) is 5.16 Å². The Morgan fingerprint density at radius 2 is 2.21 bits per heavy atom. The van der Waals surface area contributed by atoms with Crippen molar-refractivity contribution in [2.24, 2.45) is 0 Å². The van der Waals surface area contributed by atoms with Gasteiger partial charge in [0, 0.05) is 6.07 Å². The molecule has 100 valence electrons. The van der Waals surface area contributed by atoms with Gasteiger partial charge in [-0.25, -0.2) is 4.79 Å². The summed E-state index contributed by atoms with van der Waals surface area (Å²) in [5.74, 6) is 0.178. The zero-order valence-electron chi connectivity index (χ0n) is 10.4. The minimum Gasteiger partial charge on any atom is -0.469 e. The SMILES string of the molecule is Cc1cc(NC(=O)COC(=O)c2ccoc2C)no1. The second-order valence-electron chi connectivity index (χ2n) is 3.84. The molecule has 0 saturated carbocycles. The van der Waals surface area contributed by atoms with Crippen molar-refractivity contribution >= 4 is 17.7 Å². The predicted molar refractivity (Wildman–Crippen MR) is 63.6 cm³/mol. The van der Waals surface area contributed by atoms with Crippen molar-refractivity contribution in [2.75, 3.05) is 11.9 Å². The molecule has 0 unspecified atom stereocenters. The molecule has 0 spiro atoms. The van der Waals surface area contributed by atoms with E-state index in [1.807, 2.05) is 0 Å². The maximum Gasteiger partial charge on any atom is 0.342 e. The number of carbonyl (C=O) groups excluding carboxylic acids is 2. The summed E-state index contributed by atoms with van der Waals surface area (Å²) in [6, 6.07) is 3.04. The summed E-state index contributed by atoms with van der Waals surface area (Å²) in [7, 11) is 0. The van der Waals surface area contributed by atoms with Crippen molar-refractivity contribution in [1.29, 1.82) is 0 Å². The molecule has 2 aromatic heterocycles. The summed E-state index contributed by atoms with van der Waals surface area (Å²) in [5, 5.41) is 6.02. The first kappa shape index (κ1) is 12.9. The smallest absolute Gasteiger partial charge is 0.342 e. The molecular formula is C12H12N2O5. The van der Waals surface area contributed by atoms with E-state index in [2.05, 4.69) is 10.5 Å². The van der Waals surface area contributed by atoms with Crippen LogP contribution in [0.25, 0.3) is 0 Å². The third-order valence-electron chi connectivity index (χ3n) is 2.31. The summed E-state index contributed by atoms with van der Waals surface area (Å²) in [6.45, 7) is 2.93. The Labute approximate surface area is 108 Å². The average molecular weight is 264 g/mol. The number of ether oxygens (including phenoxy) is 1. The van der Waals surface area contributed by atoms with Crippen LogP contribution in [0.15, 0.2) is 27.3 Å². The van der Waals surface area contributed by atoms with Gasteiger partial charge in [-0.05, 0) is 19.9 Å². The van der Waals surface area contributed by atoms with Gasteiger partial charge in [0.15, 0.2) is 12.4 Å². The number of esters is 1. The topological polar surface area (TPSA) is 94.6 Å². The van der Waals surface area contributed by atoms with E-state index in [1.165, 1.54) is 12.3 Å². The van der Waals surface area contributed by atoms with Crippen LogP contribution in [0.4, 0.5) is 5.82 Å². The lowest BCUT2D eigenvalue weighted by atomic mass is 10.3. The zero-order valence-corrected chi connectivity index (χ0v) is 10.4. The lowest BCUT2D eigenvalue weighted by Gasteiger charge is -2.03. The second-order valence-corrected chi connectivity index (χ2v) is 3.84. The molecular weight excluding hydrogens is 252 g/mol. The second kappa shape index (κ2) is 5.38. The fourth-order valence-corrected chi connectivity index (χ4v) is 1.41. The maximum absolute atomic E-state index is 11.6. The molecule has 7 heteroatoms. The van der Waals surface area contributed by atoms with Crippen molar-refractivity contribution in [1.82, 2.24) is 5.16 Å². The van der Waals surface area contributed by atoms with Crippen LogP contribution in [0.5, 0.6) is 0 Å². The first-order valence-electron chi connectivity index (χ1n) is 5.50. The number of rotatable bonds is 4. The van der Waals surface area contributed by atoms with E-state index in [-0.39, 0.29) is 5.82 Å². The Hall–Kier alpha value is -2.57. The molecule has 2 heterocycles. The maximum atomic E-state index is 11.6. The number of furan rings is 1. The molecule has 2 rings (SSSR count). The molecule has 0 fully saturated rings. The summed E-state index contributed by atoms with van der Waals surface area (Å²) in [6.07, 6.45) is 1.38. The Morgan fingerprint density at radius 1 is 1.42 bits per heavy atom. The molecule has 19 heavy (non-hydrogen) atoms. The fraction of sp³-hybridized carbons (Fsp3) is 0.250. The number of nitrogens with zero attached hydrogens (tertiary/aromatic N) is 1. The van der Waals surface area contributed by atoms with Crippen molar-refractivity contribution in [2.45, 2.75) is 13.8 Å². The Kier molecular flexibility index (Phi) is 3.65. The Bertz CT molecular complexity index is 599. The molecule has 0 radical (unpaired) electrons. The summed E-state index contributed by atoms with van der Waals surface area (Å²) in [4.78, 5) is 23.1. The van der Waals surface area contributed by atoms with Gasteiger partial charge in [-0.3, -0.25) is 4.79 Å². The average Bonchev–Trinajstić information content (AvgIpc) is 2.95. The van der Waals surface area contributed by atoms with E-state index in [0.717, 1.165) is 0 Å². The highest BCUT2D eigenvalue weighted by atomic mass is 16.5. The lowest BCUT2D eigenvalue weighted by molar-refractivity contribution is -0.119. The van der Waals surface area contributed by atoms with Gasteiger partial charge in [0.1, 0.15) is 17.1 Å². The first-order valence-corrected chi connectivity index (χ1v) is 5.50. The van der Waals surface area contributed by atoms with E-state index >= 15 is 0 Å². The molecule has 1 N–H and O–H groups in total. The molecule has 0 atom stereocenters. The van der Waals surface area contributed by atoms with Crippen LogP contribution in [0.3, 0.4) is 0 Å². The Morgan fingerprint density at radius 3 is 2.79 bits per heavy atom. The van der Waals surface area contributed by atoms with Crippen LogP contribution in [0, 0.1) is 13.8 Å². The molecule has 0 aliphatic carbocycles. The number of amides is 1. The van der Waals surface area contributed by atoms with Gasteiger partial charge >= 0.3 is 5.97 Å². The van der Waals surface area contributed by atoms with Crippen LogP contribution in [-0.4, -0.2) is 23.6 Å². The van der Waals surface area contributed by atoms with E-state index < -0.39 is 18.5 Å². The minimum atomic E-state index is -0.613. The van der Waals surface area contributed by atoms with E-state index in [1.54, 1.807) is 19.9 Å². The summed E-state index contributed by atoms with van der Waals surface area (Å²) < 4.78 is 14.6. The van der Waals surface area contributed by atoms with Gasteiger partial charge in [-0.15, -0.1) is 0 Å². The van der Waals surface area contributed by atoms with Crippen molar-refractivity contribution in [3.8, 4) is 0 Å². The minimum absolute atomic E-state index is 0.276. The molecule has 0 bridgehead atoms. The number of nitrogens with one attached hydrogen (secondary N) is 1. The molecule has 7 nitrogen and oxygen atoms in total. The standard InChI is InChI=1S/C12H12N2O5/c1-7-5-10(14-19-7)13-11(15)6-18-12(16)9-3-4-17-8(9)2/h3-5H,6H2,1-2H3,(H,13,14,15). The fourth-order valence-electron chi connectivity index (χ4n) is 1.41. The van der Waals surface area contributed by atoms with Crippen LogP contribution in [0.1, 0.15) is 21.9 Å². The number of aryl methyl sites for hydroxylation is 2. The third-order valence-corrected chi connectivity index (χ3v) is 2.31. The van der Waals surface area contributed by atoms with Gasteiger partial charge in [0.05, 0.1) is 6.26 Å².